The Balaban J connectivity index is 2.77. The second kappa shape index (κ2) is 3.74. The summed E-state index contributed by atoms with van der Waals surface area (Å²) in [5.74, 6) is -0.537. The maximum Gasteiger partial charge on any atom is 0.329 e. The molecule has 1 amide bonds. The molecule has 1 fully saturated rings. The van der Waals surface area contributed by atoms with Gasteiger partial charge in [0.1, 0.15) is 6.04 Å². The zero-order valence-corrected chi connectivity index (χ0v) is 7.82. The number of esters is 1. The number of rotatable bonds is 2. The molecule has 0 aliphatic carbocycles. The summed E-state index contributed by atoms with van der Waals surface area (Å²) in [4.78, 5) is 23.9. The molecular formula is C8H14N2O3. The Labute approximate surface area is 76.8 Å². The summed E-state index contributed by atoms with van der Waals surface area (Å²) in [7, 11) is 0. The number of carbonyl (C=O) groups is 2. The molecule has 1 rings (SSSR count). The highest BCUT2D eigenvalue weighted by atomic mass is 16.5. The third-order valence-electron chi connectivity index (χ3n) is 2.20. The van der Waals surface area contributed by atoms with Gasteiger partial charge in [-0.25, -0.2) is 4.79 Å². The van der Waals surface area contributed by atoms with Crippen LogP contribution in [0.3, 0.4) is 0 Å². The number of hydrogen-bond acceptors (Lipinski definition) is 4. The molecule has 0 aromatic heterocycles. The molecule has 2 unspecified atom stereocenters. The van der Waals surface area contributed by atoms with Crippen molar-refractivity contribution in [2.24, 2.45) is 5.73 Å². The molecule has 13 heavy (non-hydrogen) atoms. The molecule has 1 aliphatic rings. The lowest BCUT2D eigenvalue weighted by molar-refractivity contribution is -0.170. The van der Waals surface area contributed by atoms with Crippen LogP contribution >= 0.6 is 0 Å². The molecule has 1 heterocycles. The first kappa shape index (κ1) is 9.98. The van der Waals surface area contributed by atoms with E-state index < -0.39 is 6.04 Å². The minimum atomic E-state index is -0.514. The highest BCUT2D eigenvalue weighted by Crippen LogP contribution is 2.12. The predicted molar refractivity (Wildman–Crippen MR) is 45.8 cm³/mol. The Hall–Kier alpha value is -1.10. The van der Waals surface area contributed by atoms with Crippen molar-refractivity contribution in [1.82, 2.24) is 4.90 Å². The summed E-state index contributed by atoms with van der Waals surface area (Å²) in [6.45, 7) is 3.65. The van der Waals surface area contributed by atoms with Crippen LogP contribution in [0.4, 0.5) is 0 Å². The average Bonchev–Trinajstić information content (AvgIpc) is 2.12. The van der Waals surface area contributed by atoms with Gasteiger partial charge < -0.3 is 15.4 Å². The highest BCUT2D eigenvalue weighted by Gasteiger charge is 2.35. The van der Waals surface area contributed by atoms with E-state index in [-0.39, 0.29) is 24.5 Å². The zero-order chi connectivity index (χ0) is 10.0. The smallest absolute Gasteiger partial charge is 0.329 e. The normalized spacial score (nSPS) is 25.8. The lowest BCUT2D eigenvalue weighted by Gasteiger charge is -2.35. The number of morpholine rings is 1. The summed E-state index contributed by atoms with van der Waals surface area (Å²) in [5, 5.41) is 0. The molecule has 5 nitrogen and oxygen atoms in total. The first-order valence-electron chi connectivity index (χ1n) is 4.25. The van der Waals surface area contributed by atoms with Gasteiger partial charge in [0.2, 0.25) is 0 Å². The van der Waals surface area contributed by atoms with E-state index in [1.54, 1.807) is 6.92 Å². The van der Waals surface area contributed by atoms with Gasteiger partial charge >= 0.3 is 5.97 Å². The van der Waals surface area contributed by atoms with Crippen LogP contribution in [0.25, 0.3) is 0 Å². The molecule has 1 aliphatic heterocycles. The Morgan fingerprint density at radius 1 is 1.69 bits per heavy atom. The number of nitrogens with zero attached hydrogens (tertiary/aromatic N) is 1. The van der Waals surface area contributed by atoms with Crippen LogP contribution in [0, 0.1) is 0 Å². The van der Waals surface area contributed by atoms with Gasteiger partial charge in [-0.05, 0) is 13.8 Å². The molecule has 2 N–H and O–H groups in total. The van der Waals surface area contributed by atoms with E-state index in [0.717, 1.165) is 0 Å². The van der Waals surface area contributed by atoms with E-state index in [9.17, 15) is 9.59 Å². The van der Waals surface area contributed by atoms with Crippen molar-refractivity contribution in [1.29, 1.82) is 0 Å². The van der Waals surface area contributed by atoms with Gasteiger partial charge in [-0.1, -0.05) is 0 Å². The number of cyclic esters (lactones) is 1. The topological polar surface area (TPSA) is 72.6 Å². The molecule has 2 atom stereocenters. The molecule has 5 heteroatoms. The van der Waals surface area contributed by atoms with E-state index >= 15 is 0 Å². The van der Waals surface area contributed by atoms with Gasteiger partial charge in [0, 0.05) is 12.6 Å². The van der Waals surface area contributed by atoms with Gasteiger partial charge in [-0.15, -0.1) is 0 Å². The van der Waals surface area contributed by atoms with Crippen LogP contribution in [0.15, 0.2) is 0 Å². The Morgan fingerprint density at radius 3 is 2.85 bits per heavy atom. The maximum atomic E-state index is 11.3. The van der Waals surface area contributed by atoms with Crippen LogP contribution in [-0.2, 0) is 14.3 Å². The highest BCUT2D eigenvalue weighted by molar-refractivity contribution is 5.90. The maximum absolute atomic E-state index is 11.3. The number of nitrogens with two attached hydrogens (primary N) is 1. The Kier molecular flexibility index (Phi) is 2.87. The standard InChI is InChI=1S/C8H14N2O3/c1-5(3-9)10-6(2)8(12)13-4-7(10)11/h5-6H,3-4,9H2,1-2H3. The lowest BCUT2D eigenvalue weighted by Crippen LogP contribution is -2.56. The summed E-state index contributed by atoms with van der Waals surface area (Å²) in [6, 6.07) is -0.629. The van der Waals surface area contributed by atoms with Crippen molar-refractivity contribution < 1.29 is 14.3 Å². The monoisotopic (exact) mass is 186 g/mol. The second-order valence-electron chi connectivity index (χ2n) is 3.17. The van der Waals surface area contributed by atoms with Crippen LogP contribution < -0.4 is 5.73 Å². The fraction of sp³-hybridized carbons (Fsp3) is 0.750. The number of carbonyl (C=O) groups excluding carboxylic acids is 2. The van der Waals surface area contributed by atoms with E-state index in [1.165, 1.54) is 4.90 Å². The van der Waals surface area contributed by atoms with E-state index in [2.05, 4.69) is 4.74 Å². The third kappa shape index (κ3) is 1.80. The fourth-order valence-corrected chi connectivity index (χ4v) is 1.40. The van der Waals surface area contributed by atoms with Gasteiger partial charge in [0.25, 0.3) is 5.91 Å². The van der Waals surface area contributed by atoms with Gasteiger partial charge in [0.15, 0.2) is 6.61 Å². The van der Waals surface area contributed by atoms with E-state index in [4.69, 9.17) is 5.73 Å². The van der Waals surface area contributed by atoms with E-state index in [1.807, 2.05) is 6.92 Å². The number of hydrogen-bond donors (Lipinski definition) is 1. The minimum absolute atomic E-state index is 0.115. The first-order chi connectivity index (χ1) is 6.07. The van der Waals surface area contributed by atoms with Gasteiger partial charge in [-0.2, -0.15) is 0 Å². The Morgan fingerprint density at radius 2 is 2.31 bits per heavy atom. The predicted octanol–water partition coefficient (Wildman–Crippen LogP) is -0.892. The van der Waals surface area contributed by atoms with Gasteiger partial charge in [-0.3, -0.25) is 4.79 Å². The van der Waals surface area contributed by atoms with Crippen molar-refractivity contribution in [3.63, 3.8) is 0 Å². The minimum Gasteiger partial charge on any atom is -0.454 e. The summed E-state index contributed by atoms with van der Waals surface area (Å²) < 4.78 is 4.66. The molecule has 0 aromatic rings. The van der Waals surface area contributed by atoms with Crippen molar-refractivity contribution in [3.05, 3.63) is 0 Å². The SMILES string of the molecule is CC(CN)N1C(=O)COC(=O)C1C. The molecule has 74 valence electrons. The lowest BCUT2D eigenvalue weighted by atomic mass is 10.1. The average molecular weight is 186 g/mol. The third-order valence-corrected chi connectivity index (χ3v) is 2.20. The molecule has 0 bridgehead atoms. The number of amides is 1. The van der Waals surface area contributed by atoms with Crippen molar-refractivity contribution in [3.8, 4) is 0 Å². The van der Waals surface area contributed by atoms with Crippen LogP contribution in [-0.4, -0.2) is 42.0 Å². The van der Waals surface area contributed by atoms with Crippen molar-refractivity contribution >= 4 is 11.9 Å². The molecule has 0 radical (unpaired) electrons. The van der Waals surface area contributed by atoms with Crippen molar-refractivity contribution in [2.45, 2.75) is 25.9 Å². The number of ether oxygens (including phenoxy) is 1. The zero-order valence-electron chi connectivity index (χ0n) is 7.82. The van der Waals surface area contributed by atoms with Crippen LogP contribution in [0.2, 0.25) is 0 Å². The second-order valence-corrected chi connectivity index (χ2v) is 3.17. The summed E-state index contributed by atoms with van der Waals surface area (Å²) in [6.07, 6.45) is 0. The van der Waals surface area contributed by atoms with Crippen molar-refractivity contribution in [2.75, 3.05) is 13.2 Å². The van der Waals surface area contributed by atoms with Gasteiger partial charge in [0.05, 0.1) is 0 Å². The summed E-state index contributed by atoms with van der Waals surface area (Å²) >= 11 is 0. The largest absolute Gasteiger partial charge is 0.454 e. The Bertz CT molecular complexity index is 229. The summed E-state index contributed by atoms with van der Waals surface area (Å²) in [5.41, 5.74) is 5.43. The van der Waals surface area contributed by atoms with Crippen LogP contribution in [0.1, 0.15) is 13.8 Å². The first-order valence-corrected chi connectivity index (χ1v) is 4.25. The van der Waals surface area contributed by atoms with E-state index in [0.29, 0.717) is 6.54 Å². The quantitative estimate of drug-likeness (QED) is 0.568. The molecule has 0 saturated carbocycles. The molecular weight excluding hydrogens is 172 g/mol. The molecule has 0 spiro atoms. The molecule has 0 aromatic carbocycles. The fourth-order valence-electron chi connectivity index (χ4n) is 1.40. The van der Waals surface area contributed by atoms with Crippen LogP contribution in [0.5, 0.6) is 0 Å². The molecule has 1 saturated heterocycles.